The highest BCUT2D eigenvalue weighted by molar-refractivity contribution is 5.96. The molecule has 0 bridgehead atoms. The third kappa shape index (κ3) is 6.02. The van der Waals surface area contributed by atoms with Crippen molar-refractivity contribution in [2.45, 2.75) is 13.1 Å². The van der Waals surface area contributed by atoms with Crippen LogP contribution in [0.5, 0.6) is 5.75 Å². The molecule has 1 saturated heterocycles. The third-order valence-electron chi connectivity index (χ3n) is 5.57. The molecule has 36 heavy (non-hydrogen) atoms. The van der Waals surface area contributed by atoms with E-state index in [1.807, 2.05) is 17.0 Å². The molecule has 3 aromatic rings. The molecule has 0 N–H and O–H groups in total. The second-order valence-corrected chi connectivity index (χ2v) is 8.10. The fraction of sp³-hybridized carbons (Fsp3) is 0.222. The second kappa shape index (κ2) is 10.5. The fourth-order valence-electron chi connectivity index (χ4n) is 3.79. The third-order valence-corrected chi connectivity index (χ3v) is 5.57. The molecule has 9 heteroatoms. The molecule has 0 aliphatic carbocycles. The van der Waals surface area contributed by atoms with Gasteiger partial charge in [0.05, 0.1) is 11.1 Å². The summed E-state index contributed by atoms with van der Waals surface area (Å²) >= 11 is 0. The average Bonchev–Trinajstić information content (AvgIpc) is 2.87. The first-order chi connectivity index (χ1) is 17.2. The maximum absolute atomic E-state index is 13.3. The van der Waals surface area contributed by atoms with Crippen LogP contribution in [0.15, 0.2) is 66.9 Å². The van der Waals surface area contributed by atoms with Gasteiger partial charge in [0.1, 0.15) is 11.6 Å². The van der Waals surface area contributed by atoms with Gasteiger partial charge in [-0.1, -0.05) is 24.0 Å². The number of nitrogens with zero attached hydrogens (tertiary/aromatic N) is 3. The maximum Gasteiger partial charge on any atom is 0.417 e. The van der Waals surface area contributed by atoms with Gasteiger partial charge in [0.25, 0.3) is 5.91 Å². The first-order valence-corrected chi connectivity index (χ1v) is 11.2. The average molecular weight is 493 g/mol. The second-order valence-electron chi connectivity index (χ2n) is 8.10. The van der Waals surface area contributed by atoms with Crippen molar-refractivity contribution < 1.29 is 27.5 Å². The van der Waals surface area contributed by atoms with E-state index in [-0.39, 0.29) is 24.6 Å². The summed E-state index contributed by atoms with van der Waals surface area (Å²) in [6, 6.07) is 15.3. The standard InChI is InChI=1S/C27H22F3N3O3/c1-19(34)36-22-11-8-20(9-12-22)6-7-21-10-13-25(31-18-21)32-14-16-33(17-15-32)26(35)23-4-2-3-5-24(23)27(28,29)30/h2-5,8-13,18H,14-17H2,1H3. The zero-order valence-corrected chi connectivity index (χ0v) is 19.4. The van der Waals surface area contributed by atoms with E-state index in [1.54, 1.807) is 30.5 Å². The Kier molecular flexibility index (Phi) is 7.25. The summed E-state index contributed by atoms with van der Waals surface area (Å²) in [5.74, 6) is 6.19. The number of anilines is 1. The molecule has 0 spiro atoms. The lowest BCUT2D eigenvalue weighted by Crippen LogP contribution is -2.49. The summed E-state index contributed by atoms with van der Waals surface area (Å²) < 4.78 is 44.9. The molecule has 1 aromatic heterocycles. The van der Waals surface area contributed by atoms with Crippen molar-refractivity contribution in [3.8, 4) is 17.6 Å². The van der Waals surface area contributed by atoms with Crippen molar-refractivity contribution in [1.82, 2.24) is 9.88 Å². The molecule has 0 saturated carbocycles. The highest BCUT2D eigenvalue weighted by atomic mass is 19.4. The molecular formula is C27H22F3N3O3. The van der Waals surface area contributed by atoms with E-state index in [4.69, 9.17) is 4.74 Å². The number of hydrogen-bond acceptors (Lipinski definition) is 5. The summed E-state index contributed by atoms with van der Waals surface area (Å²) in [6.45, 7) is 2.82. The van der Waals surface area contributed by atoms with Crippen molar-refractivity contribution >= 4 is 17.7 Å². The van der Waals surface area contributed by atoms with Crippen molar-refractivity contribution in [2.75, 3.05) is 31.1 Å². The number of piperazine rings is 1. The molecule has 1 aliphatic heterocycles. The van der Waals surface area contributed by atoms with Crippen molar-refractivity contribution in [3.63, 3.8) is 0 Å². The number of benzene rings is 2. The summed E-state index contributed by atoms with van der Waals surface area (Å²) in [5.41, 5.74) is 0.208. The van der Waals surface area contributed by atoms with Crippen LogP contribution in [-0.2, 0) is 11.0 Å². The van der Waals surface area contributed by atoms with E-state index in [1.165, 1.54) is 30.0 Å². The van der Waals surface area contributed by atoms with Crippen LogP contribution in [0, 0.1) is 11.8 Å². The zero-order valence-electron chi connectivity index (χ0n) is 19.4. The normalized spacial score (nSPS) is 13.6. The SMILES string of the molecule is CC(=O)Oc1ccc(C#Cc2ccc(N3CCN(C(=O)c4ccccc4C(F)(F)F)CC3)nc2)cc1. The van der Waals surface area contributed by atoms with E-state index in [2.05, 4.69) is 16.8 Å². The van der Waals surface area contributed by atoms with Gasteiger partial charge in [-0.25, -0.2) is 4.98 Å². The quantitative estimate of drug-likeness (QED) is 0.308. The van der Waals surface area contributed by atoms with Crippen LogP contribution in [-0.4, -0.2) is 47.9 Å². The summed E-state index contributed by atoms with van der Waals surface area (Å²) in [5, 5.41) is 0. The number of hydrogen-bond donors (Lipinski definition) is 0. The first-order valence-electron chi connectivity index (χ1n) is 11.2. The van der Waals surface area contributed by atoms with Crippen molar-refractivity contribution in [2.24, 2.45) is 0 Å². The van der Waals surface area contributed by atoms with Crippen LogP contribution < -0.4 is 9.64 Å². The Hall–Kier alpha value is -4.32. The first kappa shape index (κ1) is 24.8. The molecule has 0 unspecified atom stereocenters. The minimum absolute atomic E-state index is 0.289. The van der Waals surface area contributed by atoms with E-state index in [0.717, 1.165) is 11.6 Å². The number of ether oxygens (including phenoxy) is 1. The minimum atomic E-state index is -4.59. The number of rotatable bonds is 3. The highest BCUT2D eigenvalue weighted by Gasteiger charge is 2.36. The van der Waals surface area contributed by atoms with Gasteiger partial charge in [-0.3, -0.25) is 9.59 Å². The lowest BCUT2D eigenvalue weighted by molar-refractivity contribution is -0.138. The predicted molar refractivity (Wildman–Crippen MR) is 128 cm³/mol. The van der Waals surface area contributed by atoms with Crippen LogP contribution in [0.4, 0.5) is 19.0 Å². The zero-order chi connectivity index (χ0) is 25.7. The number of halogens is 3. The Bertz CT molecular complexity index is 1300. The Balaban J connectivity index is 1.36. The molecule has 1 fully saturated rings. The number of carbonyl (C=O) groups excluding carboxylic acids is 2. The molecule has 184 valence electrons. The molecule has 1 aliphatic rings. The van der Waals surface area contributed by atoms with Crippen molar-refractivity contribution in [1.29, 1.82) is 0 Å². The van der Waals surface area contributed by atoms with Crippen LogP contribution in [0.1, 0.15) is 34.0 Å². The number of carbonyl (C=O) groups is 2. The van der Waals surface area contributed by atoms with Gasteiger partial charge in [-0.05, 0) is 48.5 Å². The topological polar surface area (TPSA) is 62.7 Å². The molecule has 2 aromatic carbocycles. The van der Waals surface area contributed by atoms with Gasteiger partial charge >= 0.3 is 12.1 Å². The largest absolute Gasteiger partial charge is 0.427 e. The number of esters is 1. The van der Waals surface area contributed by atoms with Crippen molar-refractivity contribution in [3.05, 3.63) is 89.1 Å². The smallest absolute Gasteiger partial charge is 0.417 e. The van der Waals surface area contributed by atoms with Gasteiger partial charge < -0.3 is 14.5 Å². The summed E-state index contributed by atoms with van der Waals surface area (Å²) in [7, 11) is 0. The van der Waals surface area contributed by atoms with Gasteiger partial charge in [0.2, 0.25) is 0 Å². The molecule has 0 radical (unpaired) electrons. The monoisotopic (exact) mass is 493 g/mol. The Morgan fingerprint density at radius 1 is 0.889 bits per heavy atom. The number of amides is 1. The molecule has 6 nitrogen and oxygen atoms in total. The van der Waals surface area contributed by atoms with Gasteiger partial charge in [0.15, 0.2) is 0 Å². The molecular weight excluding hydrogens is 471 g/mol. The van der Waals surface area contributed by atoms with Gasteiger partial charge in [-0.2, -0.15) is 13.2 Å². The fourth-order valence-corrected chi connectivity index (χ4v) is 3.79. The van der Waals surface area contributed by atoms with Crippen LogP contribution in [0.2, 0.25) is 0 Å². The number of aromatic nitrogens is 1. The van der Waals surface area contributed by atoms with E-state index in [0.29, 0.717) is 30.2 Å². The van der Waals surface area contributed by atoms with E-state index >= 15 is 0 Å². The molecule has 4 rings (SSSR count). The predicted octanol–water partition coefficient (Wildman–Crippen LogP) is 4.39. The summed E-state index contributed by atoms with van der Waals surface area (Å²) in [6.07, 6.45) is -2.94. The highest BCUT2D eigenvalue weighted by Crippen LogP contribution is 2.32. The van der Waals surface area contributed by atoms with Gasteiger partial charge in [-0.15, -0.1) is 0 Å². The maximum atomic E-state index is 13.3. The van der Waals surface area contributed by atoms with Gasteiger partial charge in [0, 0.05) is 50.4 Å². The molecule has 2 heterocycles. The lowest BCUT2D eigenvalue weighted by atomic mass is 10.1. The Labute approximate surface area is 206 Å². The number of alkyl halides is 3. The van der Waals surface area contributed by atoms with E-state index in [9.17, 15) is 22.8 Å². The molecule has 0 atom stereocenters. The number of pyridine rings is 1. The Morgan fingerprint density at radius 3 is 2.14 bits per heavy atom. The lowest BCUT2D eigenvalue weighted by Gasteiger charge is -2.35. The van der Waals surface area contributed by atoms with E-state index < -0.39 is 17.6 Å². The minimum Gasteiger partial charge on any atom is -0.427 e. The molecule has 1 amide bonds. The van der Waals surface area contributed by atoms with Crippen LogP contribution in [0.25, 0.3) is 0 Å². The Morgan fingerprint density at radius 2 is 1.53 bits per heavy atom. The summed E-state index contributed by atoms with van der Waals surface area (Å²) in [4.78, 5) is 31.6. The van der Waals surface area contributed by atoms with Crippen LogP contribution >= 0.6 is 0 Å². The van der Waals surface area contributed by atoms with Crippen LogP contribution in [0.3, 0.4) is 0 Å².